The summed E-state index contributed by atoms with van der Waals surface area (Å²) >= 11 is 0. The van der Waals surface area contributed by atoms with Crippen LogP contribution in [-0.2, 0) is 0 Å². The van der Waals surface area contributed by atoms with Gasteiger partial charge >= 0.3 is 5.08 Å². The van der Waals surface area contributed by atoms with E-state index in [1.165, 1.54) is 7.11 Å². The monoisotopic (exact) mass is 283 g/mol. The van der Waals surface area contributed by atoms with Crippen molar-refractivity contribution >= 4 is 17.3 Å². The van der Waals surface area contributed by atoms with Crippen molar-refractivity contribution < 1.29 is 9.53 Å². The van der Waals surface area contributed by atoms with E-state index in [9.17, 15) is 4.79 Å². The molecule has 0 saturated carbocycles. The molecule has 0 aliphatic rings. The molecule has 6 nitrogen and oxygen atoms in total. The number of benzene rings is 2. The molecule has 2 rings (SSSR count). The molecule has 0 unspecified atom stereocenters. The molecule has 0 saturated heterocycles. The van der Waals surface area contributed by atoms with Crippen LogP contribution in [0.25, 0.3) is 5.08 Å². The van der Waals surface area contributed by atoms with Crippen LogP contribution in [0.1, 0.15) is 15.9 Å². The van der Waals surface area contributed by atoms with E-state index in [1.807, 2.05) is 13.0 Å². The van der Waals surface area contributed by atoms with Crippen LogP contribution in [0, 0.1) is 12.3 Å². The second-order valence-corrected chi connectivity index (χ2v) is 4.42. The van der Waals surface area contributed by atoms with E-state index in [0.29, 0.717) is 22.7 Å². The van der Waals surface area contributed by atoms with Crippen LogP contribution >= 0.6 is 0 Å². The third-order valence-corrected chi connectivity index (χ3v) is 2.91. The predicted octanol–water partition coefficient (Wildman–Crippen LogP) is 3.44. The fraction of sp³-hybridized carbons (Fsp3) is 0.133. The van der Waals surface area contributed by atoms with Crippen molar-refractivity contribution in [1.82, 2.24) is 0 Å². The SMILES string of the molecule is COc1cc(C)cc(N[N+]#N)c1NC(=O)c1ccccc1. The van der Waals surface area contributed by atoms with Gasteiger partial charge in [-0.25, -0.2) is 0 Å². The molecule has 0 heterocycles. The van der Waals surface area contributed by atoms with Crippen LogP contribution in [0.3, 0.4) is 0 Å². The molecule has 0 aromatic heterocycles. The summed E-state index contributed by atoms with van der Waals surface area (Å²) in [6.07, 6.45) is 0. The number of hydrogen-bond acceptors (Lipinski definition) is 4. The number of hydrogen-bond donors (Lipinski definition) is 2. The van der Waals surface area contributed by atoms with Crippen LogP contribution in [0.2, 0.25) is 0 Å². The summed E-state index contributed by atoms with van der Waals surface area (Å²) in [6, 6.07) is 12.3. The van der Waals surface area contributed by atoms with E-state index in [1.54, 1.807) is 36.4 Å². The molecule has 2 N–H and O–H groups in total. The van der Waals surface area contributed by atoms with Crippen LogP contribution in [-0.4, -0.2) is 13.0 Å². The van der Waals surface area contributed by atoms with E-state index >= 15 is 0 Å². The lowest BCUT2D eigenvalue weighted by molar-refractivity contribution is 0.102. The second kappa shape index (κ2) is 6.39. The van der Waals surface area contributed by atoms with Crippen LogP contribution in [0.4, 0.5) is 11.4 Å². The Morgan fingerprint density at radius 1 is 1.24 bits per heavy atom. The normalized spacial score (nSPS) is 9.57. The number of rotatable bonds is 4. The molecule has 0 spiro atoms. The van der Waals surface area contributed by atoms with E-state index in [-0.39, 0.29) is 5.91 Å². The van der Waals surface area contributed by atoms with Gasteiger partial charge in [0.2, 0.25) is 0 Å². The second-order valence-electron chi connectivity index (χ2n) is 4.42. The number of nitrogens with zero attached hydrogens (tertiary/aromatic N) is 2. The van der Waals surface area contributed by atoms with Gasteiger partial charge in [-0.2, -0.15) is 0 Å². The summed E-state index contributed by atoms with van der Waals surface area (Å²) in [5.74, 6) is 0.198. The minimum Gasteiger partial charge on any atom is -0.494 e. The molecule has 0 atom stereocenters. The zero-order chi connectivity index (χ0) is 15.2. The maximum Gasteiger partial charge on any atom is 0.308 e. The topological polar surface area (TPSA) is 78.5 Å². The highest BCUT2D eigenvalue weighted by atomic mass is 16.5. The number of amides is 1. The molecule has 0 aliphatic heterocycles. The van der Waals surface area contributed by atoms with Crippen molar-refractivity contribution in [2.75, 3.05) is 17.9 Å². The summed E-state index contributed by atoms with van der Waals surface area (Å²) in [7, 11) is 1.51. The molecule has 2 aromatic rings. The van der Waals surface area contributed by atoms with Crippen LogP contribution < -0.4 is 15.5 Å². The minimum absolute atomic E-state index is 0.279. The van der Waals surface area contributed by atoms with Crippen molar-refractivity contribution in [3.63, 3.8) is 0 Å². The standard InChI is InChI=1S/C15H14N4O2/c1-10-8-12(18-19-16)14(13(9-10)21-2)17-15(20)11-6-4-3-5-7-11/h3-9,16H,1-2H3/p+1. The van der Waals surface area contributed by atoms with Gasteiger partial charge in [0.25, 0.3) is 11.3 Å². The number of carbonyl (C=O) groups excluding carboxylic acids is 1. The Balaban J connectivity index is 2.38. The summed E-state index contributed by atoms with van der Waals surface area (Å²) in [5.41, 5.74) is 4.71. The van der Waals surface area contributed by atoms with Crippen molar-refractivity contribution in [3.05, 3.63) is 58.7 Å². The largest absolute Gasteiger partial charge is 0.494 e. The smallest absolute Gasteiger partial charge is 0.308 e. The first kappa shape index (κ1) is 14.3. The quantitative estimate of drug-likeness (QED) is 0.665. The molecule has 0 bridgehead atoms. The third kappa shape index (κ3) is 3.28. The van der Waals surface area contributed by atoms with Gasteiger partial charge in [0.1, 0.15) is 17.1 Å². The van der Waals surface area contributed by atoms with Crippen LogP contribution in [0.5, 0.6) is 5.75 Å². The molecule has 0 fully saturated rings. The first-order valence-electron chi connectivity index (χ1n) is 6.31. The number of aryl methyl sites for hydroxylation is 1. The maximum atomic E-state index is 12.2. The van der Waals surface area contributed by atoms with Gasteiger partial charge in [-0.3, -0.25) is 4.79 Å². The van der Waals surface area contributed by atoms with Gasteiger partial charge in [-0.15, -0.1) is 0 Å². The summed E-state index contributed by atoms with van der Waals surface area (Å²) in [6.45, 7) is 1.87. The Bertz CT molecular complexity index is 693. The lowest BCUT2D eigenvalue weighted by Gasteiger charge is -2.13. The average Bonchev–Trinajstić information content (AvgIpc) is 2.50. The molecule has 6 heteroatoms. The summed E-state index contributed by atoms with van der Waals surface area (Å²) < 4.78 is 5.27. The number of methoxy groups -OCH3 is 1. The molecule has 2 aromatic carbocycles. The van der Waals surface area contributed by atoms with Crippen LogP contribution in [0.15, 0.2) is 42.5 Å². The average molecular weight is 283 g/mol. The third-order valence-electron chi connectivity index (χ3n) is 2.91. The number of carbonyl (C=O) groups is 1. The molecule has 106 valence electrons. The fourth-order valence-corrected chi connectivity index (χ4v) is 1.96. The Hall–Kier alpha value is -3.07. The highest BCUT2D eigenvalue weighted by Crippen LogP contribution is 2.34. The van der Waals surface area contributed by atoms with E-state index in [0.717, 1.165) is 5.56 Å². The number of anilines is 2. The van der Waals surface area contributed by atoms with E-state index < -0.39 is 0 Å². The Labute approximate surface area is 122 Å². The molecule has 21 heavy (non-hydrogen) atoms. The van der Waals surface area contributed by atoms with Gasteiger partial charge in [0.05, 0.1) is 7.11 Å². The van der Waals surface area contributed by atoms with Crippen molar-refractivity contribution in [2.45, 2.75) is 6.92 Å². The number of nitrogens with one attached hydrogen (secondary N) is 2. The number of ether oxygens (including phenoxy) is 1. The highest BCUT2D eigenvalue weighted by molar-refractivity contribution is 6.07. The summed E-state index contributed by atoms with van der Waals surface area (Å²) in [5, 5.41) is 14.4. The van der Waals surface area contributed by atoms with E-state index in [2.05, 4.69) is 15.8 Å². The van der Waals surface area contributed by atoms with Gasteiger partial charge in [0, 0.05) is 5.56 Å². The molecule has 0 aliphatic carbocycles. The zero-order valence-electron chi connectivity index (χ0n) is 11.8. The first-order chi connectivity index (χ1) is 10.2. The van der Waals surface area contributed by atoms with Crippen molar-refractivity contribution in [3.8, 4) is 5.75 Å². The maximum absolute atomic E-state index is 12.2. The molecular formula is C15H15N4O2+. The molecular weight excluding hydrogens is 268 g/mol. The number of diazo groups is 1. The molecule has 0 radical (unpaired) electrons. The van der Waals surface area contributed by atoms with Crippen molar-refractivity contribution in [1.29, 1.82) is 5.39 Å². The summed E-state index contributed by atoms with van der Waals surface area (Å²) in [4.78, 5) is 12.2. The Kier molecular flexibility index (Phi) is 4.36. The molecule has 1 amide bonds. The predicted molar refractivity (Wildman–Crippen MR) is 80.8 cm³/mol. The van der Waals surface area contributed by atoms with Gasteiger partial charge in [0.15, 0.2) is 0 Å². The Morgan fingerprint density at radius 3 is 2.57 bits per heavy atom. The lowest BCUT2D eigenvalue weighted by Crippen LogP contribution is -2.13. The zero-order valence-corrected chi connectivity index (χ0v) is 11.8. The lowest BCUT2D eigenvalue weighted by atomic mass is 10.1. The fourth-order valence-electron chi connectivity index (χ4n) is 1.96. The van der Waals surface area contributed by atoms with Gasteiger partial charge < -0.3 is 10.1 Å². The van der Waals surface area contributed by atoms with Gasteiger partial charge in [-0.1, -0.05) is 18.2 Å². The Morgan fingerprint density at radius 2 is 1.95 bits per heavy atom. The minimum atomic E-state index is -0.279. The first-order valence-corrected chi connectivity index (χ1v) is 6.31. The van der Waals surface area contributed by atoms with Crippen molar-refractivity contribution in [2.24, 2.45) is 0 Å². The van der Waals surface area contributed by atoms with E-state index in [4.69, 9.17) is 10.1 Å². The van der Waals surface area contributed by atoms with Gasteiger partial charge in [-0.05, 0) is 42.2 Å². The highest BCUT2D eigenvalue weighted by Gasteiger charge is 2.17.